The summed E-state index contributed by atoms with van der Waals surface area (Å²) in [6, 6.07) is 8.78. The van der Waals surface area contributed by atoms with Crippen LogP contribution in [-0.2, 0) is 14.9 Å². The maximum atomic E-state index is 12.2. The molecule has 6 rings (SSSR count). The van der Waals surface area contributed by atoms with Crippen LogP contribution in [0.2, 0.25) is 0 Å². The molecule has 4 aliphatic rings. The second-order valence-corrected chi connectivity index (χ2v) is 10.5. The number of esters is 1. The van der Waals surface area contributed by atoms with Gasteiger partial charge in [-0.05, 0) is 68.8 Å². The minimum atomic E-state index is -0.632. The summed E-state index contributed by atoms with van der Waals surface area (Å²) >= 11 is 0. The Morgan fingerprint density at radius 3 is 2.30 bits per heavy atom. The summed E-state index contributed by atoms with van der Waals surface area (Å²) < 4.78 is 11.2. The molecule has 1 aromatic heterocycles. The third-order valence-corrected chi connectivity index (χ3v) is 8.51. The normalized spacial score (nSPS) is 28.3. The zero-order chi connectivity index (χ0) is 23.4. The van der Waals surface area contributed by atoms with Gasteiger partial charge in [-0.25, -0.2) is 9.98 Å². The van der Waals surface area contributed by atoms with Gasteiger partial charge in [-0.15, -0.1) is 0 Å². The molecule has 33 heavy (non-hydrogen) atoms. The lowest BCUT2D eigenvalue weighted by Crippen LogP contribution is -2.48. The maximum Gasteiger partial charge on any atom is 0.308 e. The van der Waals surface area contributed by atoms with Gasteiger partial charge in [0.25, 0.3) is 0 Å². The van der Waals surface area contributed by atoms with E-state index in [4.69, 9.17) is 20.2 Å². The van der Waals surface area contributed by atoms with Crippen molar-refractivity contribution in [2.45, 2.75) is 70.3 Å². The quantitative estimate of drug-likeness (QED) is 0.678. The molecule has 3 saturated carbocycles. The van der Waals surface area contributed by atoms with Crippen molar-refractivity contribution in [2.24, 2.45) is 16.3 Å². The maximum absolute atomic E-state index is 12.2. The molecular weight excluding hydrogens is 416 g/mol. The van der Waals surface area contributed by atoms with E-state index in [0.29, 0.717) is 17.4 Å². The van der Waals surface area contributed by atoms with Crippen LogP contribution in [0.3, 0.4) is 0 Å². The number of benzene rings is 1. The highest BCUT2D eigenvalue weighted by Gasteiger charge is 2.53. The van der Waals surface area contributed by atoms with Crippen LogP contribution in [-0.4, -0.2) is 34.4 Å². The van der Waals surface area contributed by atoms with E-state index in [0.717, 1.165) is 49.8 Å². The molecule has 1 aliphatic heterocycles. The number of nitrogens with zero attached hydrogens (tertiary/aromatic N) is 3. The largest absolute Gasteiger partial charge is 0.469 e. The predicted octanol–water partition coefficient (Wildman–Crippen LogP) is 4.75. The van der Waals surface area contributed by atoms with Gasteiger partial charge in [0.2, 0.25) is 5.88 Å². The van der Waals surface area contributed by atoms with E-state index in [1.54, 1.807) is 0 Å². The molecule has 0 radical (unpaired) electrons. The second-order valence-electron chi connectivity index (χ2n) is 10.5. The van der Waals surface area contributed by atoms with Gasteiger partial charge in [-0.3, -0.25) is 4.79 Å². The van der Waals surface area contributed by atoms with Crippen molar-refractivity contribution in [3.63, 3.8) is 0 Å². The minimum absolute atomic E-state index is 0.0333. The number of fused-ring (bicyclic) bond motifs is 4. The average Bonchev–Trinajstić information content (AvgIpc) is 2.83. The molecule has 0 saturated heterocycles. The summed E-state index contributed by atoms with van der Waals surface area (Å²) in [5.74, 6) is 0.631. The zero-order valence-electron chi connectivity index (χ0n) is 19.9. The molecule has 3 aliphatic carbocycles. The summed E-state index contributed by atoms with van der Waals surface area (Å²) in [4.78, 5) is 25.3. The summed E-state index contributed by atoms with van der Waals surface area (Å²) in [7, 11) is 1.50. The lowest BCUT2D eigenvalue weighted by atomic mass is 9.49. The van der Waals surface area contributed by atoms with Crippen molar-refractivity contribution in [1.82, 2.24) is 9.97 Å². The molecule has 1 unspecified atom stereocenters. The van der Waals surface area contributed by atoms with E-state index < -0.39 is 5.60 Å². The Kier molecular flexibility index (Phi) is 4.99. The summed E-state index contributed by atoms with van der Waals surface area (Å²) in [6.07, 6.45) is 7.98. The second kappa shape index (κ2) is 7.54. The van der Waals surface area contributed by atoms with E-state index in [9.17, 15) is 4.79 Å². The van der Waals surface area contributed by atoms with Crippen LogP contribution in [0.5, 0.6) is 5.88 Å². The van der Waals surface area contributed by atoms with Crippen molar-refractivity contribution < 1.29 is 14.3 Å². The van der Waals surface area contributed by atoms with Crippen LogP contribution in [0.15, 0.2) is 35.6 Å². The van der Waals surface area contributed by atoms with Crippen LogP contribution in [0.25, 0.3) is 0 Å². The van der Waals surface area contributed by atoms with Crippen LogP contribution in [0.1, 0.15) is 70.4 Å². The monoisotopic (exact) mass is 448 g/mol. The molecule has 0 amide bonds. The number of carbonyl (C=O) groups is 1. The Hall–Kier alpha value is -2.96. The van der Waals surface area contributed by atoms with Crippen LogP contribution in [0, 0.1) is 11.3 Å². The molecule has 2 N–H and O–H groups in total. The van der Waals surface area contributed by atoms with Crippen LogP contribution in [0.4, 0.5) is 11.5 Å². The summed E-state index contributed by atoms with van der Waals surface area (Å²) in [5.41, 5.74) is 9.38. The number of nitrogen functional groups attached to an aromatic ring is 1. The topological polar surface area (TPSA) is 99.7 Å². The van der Waals surface area contributed by atoms with E-state index >= 15 is 0 Å². The fourth-order valence-corrected chi connectivity index (χ4v) is 6.21. The van der Waals surface area contributed by atoms with Gasteiger partial charge in [0.1, 0.15) is 11.9 Å². The van der Waals surface area contributed by atoms with Crippen molar-refractivity contribution in [1.29, 1.82) is 0 Å². The first kappa shape index (κ1) is 21.9. The Bertz CT molecular complexity index is 1100. The first-order valence-electron chi connectivity index (χ1n) is 11.8. The number of nitrogens with two attached hydrogens (primary N) is 1. The molecular formula is C26H32N4O3. The van der Waals surface area contributed by atoms with E-state index in [2.05, 4.69) is 34.2 Å². The summed E-state index contributed by atoms with van der Waals surface area (Å²) in [5, 5.41) is 0. The Morgan fingerprint density at radius 1 is 1.06 bits per heavy atom. The zero-order valence-corrected chi connectivity index (χ0v) is 19.9. The number of hydrogen-bond donors (Lipinski definition) is 1. The molecule has 2 heterocycles. The number of aliphatic imine (C=N–C) groups is 1. The van der Waals surface area contributed by atoms with Crippen molar-refractivity contribution >= 4 is 23.2 Å². The van der Waals surface area contributed by atoms with Gasteiger partial charge in [0.05, 0.1) is 18.7 Å². The Balaban J connectivity index is 1.40. The number of ether oxygens (including phenoxy) is 2. The van der Waals surface area contributed by atoms with Crippen molar-refractivity contribution in [3.05, 3.63) is 41.7 Å². The number of aromatic nitrogens is 2. The smallest absolute Gasteiger partial charge is 0.308 e. The number of anilines is 1. The van der Waals surface area contributed by atoms with Crippen LogP contribution >= 0.6 is 0 Å². The fourth-order valence-electron chi connectivity index (χ4n) is 6.21. The molecule has 0 spiro atoms. The van der Waals surface area contributed by atoms with Gasteiger partial charge in [0, 0.05) is 5.56 Å². The fraction of sp³-hybridized carbons (Fsp3) is 0.538. The van der Waals surface area contributed by atoms with Gasteiger partial charge >= 0.3 is 5.97 Å². The predicted molar refractivity (Wildman–Crippen MR) is 127 cm³/mol. The molecule has 174 valence electrons. The van der Waals surface area contributed by atoms with Crippen molar-refractivity contribution in [2.75, 3.05) is 12.8 Å². The molecule has 2 bridgehead atoms. The molecule has 1 aromatic carbocycles. The Morgan fingerprint density at radius 2 is 1.70 bits per heavy atom. The standard InChI is InChI=1S/C26H32N4O3/c1-16(23(31)32-4)25-9-12-26(13-10-25,14-11-25)18-7-5-17(6-8-18)20-24(2,3)33-22-19(30-20)21(27)28-15-29-22/h5-8,15-16H,9-14H2,1-4H3,(H2,27,28,29). The van der Waals surface area contributed by atoms with E-state index in [-0.39, 0.29) is 22.7 Å². The van der Waals surface area contributed by atoms with Gasteiger partial charge < -0.3 is 15.2 Å². The molecule has 3 fully saturated rings. The van der Waals surface area contributed by atoms with Crippen LogP contribution < -0.4 is 10.5 Å². The first-order valence-corrected chi connectivity index (χ1v) is 11.8. The van der Waals surface area contributed by atoms with E-state index in [1.165, 1.54) is 19.0 Å². The van der Waals surface area contributed by atoms with Gasteiger partial charge in [-0.2, -0.15) is 4.98 Å². The third kappa shape index (κ3) is 3.40. The molecule has 7 nitrogen and oxygen atoms in total. The first-order chi connectivity index (χ1) is 15.7. The van der Waals surface area contributed by atoms with Crippen molar-refractivity contribution in [3.8, 4) is 5.88 Å². The van der Waals surface area contributed by atoms with Gasteiger partial charge in [-0.1, -0.05) is 31.2 Å². The molecule has 1 atom stereocenters. The van der Waals surface area contributed by atoms with E-state index in [1.807, 2.05) is 20.8 Å². The lowest BCUT2D eigenvalue weighted by Gasteiger charge is -2.55. The average molecular weight is 449 g/mol. The SMILES string of the molecule is COC(=O)C(C)C12CCC(c3ccc(C4=Nc5c(N)ncnc5OC4(C)C)cc3)(CC1)CC2. The number of hydrogen-bond acceptors (Lipinski definition) is 7. The summed E-state index contributed by atoms with van der Waals surface area (Å²) in [6.45, 7) is 6.03. The third-order valence-electron chi connectivity index (χ3n) is 8.51. The highest BCUT2D eigenvalue weighted by Crippen LogP contribution is 2.60. The highest BCUT2D eigenvalue weighted by molar-refractivity contribution is 6.09. The van der Waals surface area contributed by atoms with Gasteiger partial charge in [0.15, 0.2) is 11.5 Å². The minimum Gasteiger partial charge on any atom is -0.469 e. The molecule has 2 aromatic rings. The lowest BCUT2D eigenvalue weighted by molar-refractivity contribution is -0.153. The molecule has 7 heteroatoms. The Labute approximate surface area is 194 Å². The number of rotatable bonds is 4. The number of carbonyl (C=O) groups excluding carboxylic acids is 1. The highest BCUT2D eigenvalue weighted by atomic mass is 16.5. The number of methoxy groups -OCH3 is 1.